The molecule has 2 nitrogen and oxygen atoms in total. The summed E-state index contributed by atoms with van der Waals surface area (Å²) in [5.41, 5.74) is 10.3. The molecular formula is C16H20N2S. The van der Waals surface area contributed by atoms with Crippen molar-refractivity contribution in [3.8, 4) is 0 Å². The van der Waals surface area contributed by atoms with E-state index in [1.165, 1.54) is 16.8 Å². The number of piperidine rings is 1. The maximum absolute atomic E-state index is 6.26. The van der Waals surface area contributed by atoms with Crippen LogP contribution in [0.4, 0.5) is 5.69 Å². The van der Waals surface area contributed by atoms with Gasteiger partial charge in [0.05, 0.1) is 0 Å². The number of nitrogens with two attached hydrogens (primary N) is 1. The molecule has 1 fully saturated rings. The first kappa shape index (κ1) is 12.7. The van der Waals surface area contributed by atoms with Crippen molar-refractivity contribution >= 4 is 17.0 Å². The summed E-state index contributed by atoms with van der Waals surface area (Å²) in [6.07, 6.45) is 1.09. The van der Waals surface area contributed by atoms with Crippen LogP contribution in [-0.4, -0.2) is 19.1 Å². The number of anilines is 1. The largest absolute Gasteiger partial charge is 0.369 e. The molecule has 1 aliphatic heterocycles. The van der Waals surface area contributed by atoms with Crippen molar-refractivity contribution in [1.29, 1.82) is 0 Å². The summed E-state index contributed by atoms with van der Waals surface area (Å²) in [6.45, 7) is 4.20. The molecular weight excluding hydrogens is 252 g/mol. The Morgan fingerprint density at radius 1 is 1.26 bits per heavy atom. The molecule has 3 rings (SSSR count). The summed E-state index contributed by atoms with van der Waals surface area (Å²) in [5, 5.41) is 4.35. The lowest BCUT2D eigenvalue weighted by molar-refractivity contribution is 0.454. The average Bonchev–Trinajstić information content (AvgIpc) is 2.92. The zero-order chi connectivity index (χ0) is 13.2. The molecule has 1 aromatic heterocycles. The predicted octanol–water partition coefficient (Wildman–Crippen LogP) is 3.38. The van der Waals surface area contributed by atoms with Gasteiger partial charge in [0.2, 0.25) is 0 Å². The molecule has 2 unspecified atom stereocenters. The lowest BCUT2D eigenvalue weighted by atomic mass is 9.87. The number of hydrogen-bond acceptors (Lipinski definition) is 3. The fourth-order valence-electron chi connectivity index (χ4n) is 2.95. The van der Waals surface area contributed by atoms with E-state index in [2.05, 4.69) is 52.9 Å². The molecule has 1 aromatic carbocycles. The lowest BCUT2D eigenvalue weighted by Gasteiger charge is -2.37. The first-order valence-electron chi connectivity index (χ1n) is 6.81. The van der Waals surface area contributed by atoms with Gasteiger partial charge in [0.25, 0.3) is 0 Å². The molecule has 2 atom stereocenters. The van der Waals surface area contributed by atoms with Crippen LogP contribution in [0.25, 0.3) is 0 Å². The van der Waals surface area contributed by atoms with Gasteiger partial charge in [0, 0.05) is 36.1 Å². The van der Waals surface area contributed by atoms with Gasteiger partial charge in [-0.15, -0.1) is 0 Å². The number of thiophene rings is 1. The number of nitrogens with zero attached hydrogens (tertiary/aromatic N) is 1. The molecule has 0 spiro atoms. The summed E-state index contributed by atoms with van der Waals surface area (Å²) in [4.78, 5) is 2.43. The van der Waals surface area contributed by atoms with Gasteiger partial charge in [0.1, 0.15) is 0 Å². The van der Waals surface area contributed by atoms with E-state index < -0.39 is 0 Å². The molecule has 0 saturated carbocycles. The van der Waals surface area contributed by atoms with Crippen LogP contribution < -0.4 is 10.6 Å². The Balaban J connectivity index is 1.83. The Hall–Kier alpha value is -1.32. The van der Waals surface area contributed by atoms with Gasteiger partial charge in [-0.3, -0.25) is 0 Å². The van der Waals surface area contributed by atoms with Crippen LogP contribution in [0, 0.1) is 6.92 Å². The van der Waals surface area contributed by atoms with Crippen molar-refractivity contribution in [2.45, 2.75) is 25.3 Å². The second kappa shape index (κ2) is 5.35. The van der Waals surface area contributed by atoms with Crippen LogP contribution >= 0.6 is 11.3 Å². The SMILES string of the molecule is Cc1cccc(C2CC(N)CN(c3ccsc3)C2)c1. The number of aryl methyl sites for hydroxylation is 1. The summed E-state index contributed by atoms with van der Waals surface area (Å²) >= 11 is 1.75. The first-order chi connectivity index (χ1) is 9.22. The molecule has 100 valence electrons. The second-order valence-electron chi connectivity index (χ2n) is 5.49. The van der Waals surface area contributed by atoms with Crippen molar-refractivity contribution < 1.29 is 0 Å². The highest BCUT2D eigenvalue weighted by molar-refractivity contribution is 7.08. The van der Waals surface area contributed by atoms with Crippen LogP contribution in [0.1, 0.15) is 23.5 Å². The fourth-order valence-corrected chi connectivity index (χ4v) is 3.62. The Morgan fingerprint density at radius 3 is 2.89 bits per heavy atom. The number of hydrogen-bond donors (Lipinski definition) is 1. The van der Waals surface area contributed by atoms with Crippen molar-refractivity contribution in [2.75, 3.05) is 18.0 Å². The maximum Gasteiger partial charge on any atom is 0.0475 e. The van der Waals surface area contributed by atoms with Crippen LogP contribution in [0.3, 0.4) is 0 Å². The van der Waals surface area contributed by atoms with E-state index in [1.54, 1.807) is 11.3 Å². The molecule has 3 heteroatoms. The molecule has 0 bridgehead atoms. The van der Waals surface area contributed by atoms with E-state index in [4.69, 9.17) is 5.73 Å². The van der Waals surface area contributed by atoms with Crippen molar-refractivity contribution in [2.24, 2.45) is 5.73 Å². The molecule has 1 aliphatic rings. The Labute approximate surface area is 118 Å². The van der Waals surface area contributed by atoms with Gasteiger partial charge in [-0.05, 0) is 30.4 Å². The predicted molar refractivity (Wildman–Crippen MR) is 83.0 cm³/mol. The zero-order valence-corrected chi connectivity index (χ0v) is 12.1. The quantitative estimate of drug-likeness (QED) is 0.908. The highest BCUT2D eigenvalue weighted by Gasteiger charge is 2.26. The van der Waals surface area contributed by atoms with E-state index >= 15 is 0 Å². The molecule has 0 radical (unpaired) electrons. The van der Waals surface area contributed by atoms with E-state index in [0.717, 1.165) is 19.5 Å². The molecule has 0 aliphatic carbocycles. The van der Waals surface area contributed by atoms with Crippen molar-refractivity contribution in [1.82, 2.24) is 0 Å². The normalized spacial score (nSPS) is 23.6. The Kier molecular flexibility index (Phi) is 3.58. The zero-order valence-electron chi connectivity index (χ0n) is 11.3. The molecule has 1 saturated heterocycles. The topological polar surface area (TPSA) is 29.3 Å². The van der Waals surface area contributed by atoms with Gasteiger partial charge in [-0.1, -0.05) is 29.8 Å². The van der Waals surface area contributed by atoms with Crippen LogP contribution in [-0.2, 0) is 0 Å². The van der Waals surface area contributed by atoms with Gasteiger partial charge >= 0.3 is 0 Å². The van der Waals surface area contributed by atoms with Crippen LogP contribution in [0.2, 0.25) is 0 Å². The summed E-state index contributed by atoms with van der Waals surface area (Å²) in [7, 11) is 0. The molecule has 0 amide bonds. The van der Waals surface area contributed by atoms with Crippen molar-refractivity contribution in [3.05, 3.63) is 52.2 Å². The summed E-state index contributed by atoms with van der Waals surface area (Å²) in [5.74, 6) is 0.545. The van der Waals surface area contributed by atoms with E-state index in [9.17, 15) is 0 Å². The highest BCUT2D eigenvalue weighted by atomic mass is 32.1. The third-order valence-electron chi connectivity index (χ3n) is 3.87. The highest BCUT2D eigenvalue weighted by Crippen LogP contribution is 2.30. The number of benzene rings is 1. The standard InChI is InChI=1S/C16H20N2S/c1-12-3-2-4-13(7-12)14-8-15(17)10-18(9-14)16-5-6-19-11-16/h2-7,11,14-15H,8-10,17H2,1H3. The maximum atomic E-state index is 6.26. The molecule has 2 aromatic rings. The second-order valence-corrected chi connectivity index (χ2v) is 6.27. The smallest absolute Gasteiger partial charge is 0.0475 e. The minimum Gasteiger partial charge on any atom is -0.369 e. The minimum atomic E-state index is 0.263. The van der Waals surface area contributed by atoms with Crippen molar-refractivity contribution in [3.63, 3.8) is 0 Å². The lowest BCUT2D eigenvalue weighted by Crippen LogP contribution is -2.46. The third-order valence-corrected chi connectivity index (χ3v) is 4.54. The fraction of sp³-hybridized carbons (Fsp3) is 0.375. The van der Waals surface area contributed by atoms with Crippen LogP contribution in [0.5, 0.6) is 0 Å². The van der Waals surface area contributed by atoms with Gasteiger partial charge in [0.15, 0.2) is 0 Å². The monoisotopic (exact) mass is 272 g/mol. The third kappa shape index (κ3) is 2.82. The molecule has 19 heavy (non-hydrogen) atoms. The van der Waals surface area contributed by atoms with E-state index in [1.807, 2.05) is 0 Å². The summed E-state index contributed by atoms with van der Waals surface area (Å²) in [6, 6.07) is 11.3. The van der Waals surface area contributed by atoms with Gasteiger partial charge < -0.3 is 10.6 Å². The van der Waals surface area contributed by atoms with E-state index in [0.29, 0.717) is 5.92 Å². The Bertz CT molecular complexity index is 535. The van der Waals surface area contributed by atoms with Gasteiger partial charge in [-0.2, -0.15) is 11.3 Å². The minimum absolute atomic E-state index is 0.263. The average molecular weight is 272 g/mol. The Morgan fingerprint density at radius 2 is 2.16 bits per heavy atom. The molecule has 2 heterocycles. The molecule has 2 N–H and O–H groups in total. The van der Waals surface area contributed by atoms with E-state index in [-0.39, 0.29) is 6.04 Å². The number of rotatable bonds is 2. The summed E-state index contributed by atoms with van der Waals surface area (Å²) < 4.78 is 0. The first-order valence-corrected chi connectivity index (χ1v) is 7.76. The van der Waals surface area contributed by atoms with Crippen LogP contribution in [0.15, 0.2) is 41.1 Å². The van der Waals surface area contributed by atoms with Gasteiger partial charge in [-0.25, -0.2) is 0 Å².